The first kappa shape index (κ1) is 18.6. The van der Waals surface area contributed by atoms with Crippen LogP contribution in [0.1, 0.15) is 30.9 Å². The van der Waals surface area contributed by atoms with Gasteiger partial charge >= 0.3 is 0 Å². The number of ether oxygens (including phenoxy) is 1. The van der Waals surface area contributed by atoms with E-state index >= 15 is 0 Å². The van der Waals surface area contributed by atoms with Gasteiger partial charge in [-0.3, -0.25) is 14.9 Å². The molecule has 0 saturated heterocycles. The Balaban J connectivity index is 1.66. The average molecular weight is 365 g/mol. The molecule has 1 N–H and O–H groups in total. The zero-order valence-electron chi connectivity index (χ0n) is 15.7. The second-order valence-electron chi connectivity index (χ2n) is 6.74. The number of benzene rings is 2. The summed E-state index contributed by atoms with van der Waals surface area (Å²) in [6.45, 7) is 6.00. The summed E-state index contributed by atoms with van der Waals surface area (Å²) in [5, 5.41) is 2.68. The van der Waals surface area contributed by atoms with Crippen molar-refractivity contribution < 1.29 is 14.3 Å². The van der Waals surface area contributed by atoms with Crippen molar-refractivity contribution >= 4 is 23.5 Å². The van der Waals surface area contributed by atoms with Crippen molar-refractivity contribution in [1.82, 2.24) is 5.32 Å². The minimum atomic E-state index is -0.361. The molecule has 2 aromatic rings. The summed E-state index contributed by atoms with van der Waals surface area (Å²) in [4.78, 5) is 30.0. The van der Waals surface area contributed by atoms with Gasteiger partial charge in [-0.1, -0.05) is 44.2 Å². The second kappa shape index (κ2) is 8.03. The van der Waals surface area contributed by atoms with Crippen molar-refractivity contribution in [2.75, 3.05) is 18.1 Å². The molecule has 0 aliphatic carbocycles. The number of rotatable bonds is 5. The Morgan fingerprint density at radius 1 is 1.22 bits per heavy atom. The topological polar surface area (TPSA) is 71.0 Å². The van der Waals surface area contributed by atoms with Gasteiger partial charge in [0.15, 0.2) is 6.61 Å². The van der Waals surface area contributed by atoms with Crippen LogP contribution in [-0.4, -0.2) is 30.9 Å². The third kappa shape index (κ3) is 4.34. The summed E-state index contributed by atoms with van der Waals surface area (Å²) >= 11 is 0. The second-order valence-corrected chi connectivity index (χ2v) is 6.74. The van der Waals surface area contributed by atoms with Gasteiger partial charge in [-0.05, 0) is 42.2 Å². The van der Waals surface area contributed by atoms with Gasteiger partial charge in [0, 0.05) is 0 Å². The van der Waals surface area contributed by atoms with Crippen LogP contribution in [0.2, 0.25) is 0 Å². The van der Waals surface area contributed by atoms with E-state index < -0.39 is 0 Å². The van der Waals surface area contributed by atoms with Gasteiger partial charge in [-0.2, -0.15) is 0 Å². The molecular formula is C21H23N3O3. The summed E-state index contributed by atoms with van der Waals surface area (Å²) < 4.78 is 5.75. The standard InChI is InChI=1S/C21H23N3O3/c1-14(2)17-10-9-15(3)11-18(17)27-13-19(25)23-21-22-12-20(26)24(21)16-7-5-4-6-8-16/h4-11,14H,12-13H2,1-3H3,(H,22,23,25). The zero-order chi connectivity index (χ0) is 19.4. The highest BCUT2D eigenvalue weighted by molar-refractivity contribution is 6.23. The van der Waals surface area contributed by atoms with Gasteiger partial charge in [-0.15, -0.1) is 0 Å². The predicted octanol–water partition coefficient (Wildman–Crippen LogP) is 3.02. The molecule has 0 atom stereocenters. The molecule has 0 bridgehead atoms. The van der Waals surface area contributed by atoms with E-state index in [-0.39, 0.29) is 36.8 Å². The summed E-state index contributed by atoms with van der Waals surface area (Å²) in [7, 11) is 0. The maximum Gasteiger partial charge on any atom is 0.264 e. The highest BCUT2D eigenvalue weighted by atomic mass is 16.5. The fraction of sp³-hybridized carbons (Fsp3) is 0.286. The minimum absolute atomic E-state index is 0.0146. The zero-order valence-corrected chi connectivity index (χ0v) is 15.7. The van der Waals surface area contributed by atoms with Crippen LogP contribution in [0.25, 0.3) is 0 Å². The Morgan fingerprint density at radius 2 is 1.96 bits per heavy atom. The summed E-state index contributed by atoms with van der Waals surface area (Å²) in [6.07, 6.45) is 0. The summed E-state index contributed by atoms with van der Waals surface area (Å²) in [5.41, 5.74) is 2.78. The van der Waals surface area contributed by atoms with E-state index in [2.05, 4.69) is 24.2 Å². The van der Waals surface area contributed by atoms with E-state index in [4.69, 9.17) is 4.74 Å². The van der Waals surface area contributed by atoms with E-state index in [1.807, 2.05) is 43.3 Å². The third-order valence-electron chi connectivity index (χ3n) is 4.24. The number of nitrogens with zero attached hydrogens (tertiary/aromatic N) is 2. The molecular weight excluding hydrogens is 342 g/mol. The highest BCUT2D eigenvalue weighted by Crippen LogP contribution is 2.27. The Morgan fingerprint density at radius 3 is 2.67 bits per heavy atom. The SMILES string of the molecule is Cc1ccc(C(C)C)c(OCC(=O)NC2=NCC(=O)N2c2ccccc2)c1. The van der Waals surface area contributed by atoms with Crippen molar-refractivity contribution in [3.8, 4) is 5.75 Å². The molecule has 2 aromatic carbocycles. The Labute approximate surface area is 158 Å². The lowest BCUT2D eigenvalue weighted by atomic mass is 10.0. The molecule has 1 aliphatic rings. The predicted molar refractivity (Wildman–Crippen MR) is 105 cm³/mol. The molecule has 3 rings (SSSR count). The molecule has 0 unspecified atom stereocenters. The van der Waals surface area contributed by atoms with Crippen LogP contribution in [-0.2, 0) is 9.59 Å². The molecule has 1 heterocycles. The molecule has 27 heavy (non-hydrogen) atoms. The van der Waals surface area contributed by atoms with Gasteiger partial charge in [-0.25, -0.2) is 9.89 Å². The van der Waals surface area contributed by atoms with E-state index in [0.29, 0.717) is 11.4 Å². The number of aliphatic imine (C=N–C) groups is 1. The number of amides is 2. The van der Waals surface area contributed by atoms with E-state index in [1.54, 1.807) is 12.1 Å². The fourth-order valence-corrected chi connectivity index (χ4v) is 2.89. The largest absolute Gasteiger partial charge is 0.483 e. The number of nitrogens with one attached hydrogen (secondary N) is 1. The maximum absolute atomic E-state index is 12.4. The number of carbonyl (C=O) groups excluding carboxylic acids is 2. The Hall–Kier alpha value is -3.15. The van der Waals surface area contributed by atoms with Gasteiger partial charge < -0.3 is 4.74 Å². The quantitative estimate of drug-likeness (QED) is 0.885. The van der Waals surface area contributed by atoms with Crippen molar-refractivity contribution in [3.05, 3.63) is 59.7 Å². The van der Waals surface area contributed by atoms with Crippen LogP contribution in [0, 0.1) is 6.92 Å². The number of hydrogen-bond acceptors (Lipinski definition) is 4. The van der Waals surface area contributed by atoms with Gasteiger partial charge in [0.1, 0.15) is 12.3 Å². The van der Waals surface area contributed by atoms with Gasteiger partial charge in [0.25, 0.3) is 11.8 Å². The smallest absolute Gasteiger partial charge is 0.264 e. The molecule has 2 amide bonds. The molecule has 0 aromatic heterocycles. The lowest BCUT2D eigenvalue weighted by molar-refractivity contribution is -0.121. The molecule has 140 valence electrons. The number of hydrogen-bond donors (Lipinski definition) is 1. The van der Waals surface area contributed by atoms with Gasteiger partial charge in [0.05, 0.1) is 5.69 Å². The minimum Gasteiger partial charge on any atom is -0.483 e. The summed E-state index contributed by atoms with van der Waals surface area (Å²) in [6, 6.07) is 15.1. The monoisotopic (exact) mass is 365 g/mol. The molecule has 0 saturated carbocycles. The number of para-hydroxylation sites is 1. The van der Waals surface area contributed by atoms with E-state index in [0.717, 1.165) is 11.1 Å². The lowest BCUT2D eigenvalue weighted by Crippen LogP contribution is -2.45. The highest BCUT2D eigenvalue weighted by Gasteiger charge is 2.28. The first-order valence-electron chi connectivity index (χ1n) is 8.91. The fourth-order valence-electron chi connectivity index (χ4n) is 2.89. The lowest BCUT2D eigenvalue weighted by Gasteiger charge is -2.19. The molecule has 1 aliphatic heterocycles. The van der Waals surface area contributed by atoms with Crippen molar-refractivity contribution in [3.63, 3.8) is 0 Å². The van der Waals surface area contributed by atoms with E-state index in [9.17, 15) is 9.59 Å². The molecule has 0 spiro atoms. The first-order chi connectivity index (χ1) is 13.0. The summed E-state index contributed by atoms with van der Waals surface area (Å²) in [5.74, 6) is 0.672. The van der Waals surface area contributed by atoms with Crippen LogP contribution >= 0.6 is 0 Å². The molecule has 6 nitrogen and oxygen atoms in total. The molecule has 0 fully saturated rings. The van der Waals surface area contributed by atoms with Crippen LogP contribution in [0.3, 0.4) is 0 Å². The van der Waals surface area contributed by atoms with E-state index in [1.165, 1.54) is 4.90 Å². The number of aryl methyl sites for hydroxylation is 1. The molecule has 6 heteroatoms. The van der Waals surface area contributed by atoms with Crippen molar-refractivity contribution in [2.24, 2.45) is 4.99 Å². The van der Waals surface area contributed by atoms with Crippen LogP contribution in [0.4, 0.5) is 5.69 Å². The van der Waals surface area contributed by atoms with Crippen molar-refractivity contribution in [1.29, 1.82) is 0 Å². The third-order valence-corrected chi connectivity index (χ3v) is 4.24. The van der Waals surface area contributed by atoms with Crippen molar-refractivity contribution in [2.45, 2.75) is 26.7 Å². The number of anilines is 1. The number of guanidine groups is 1. The first-order valence-corrected chi connectivity index (χ1v) is 8.91. The molecule has 0 radical (unpaired) electrons. The number of carbonyl (C=O) groups is 2. The van der Waals surface area contributed by atoms with Gasteiger partial charge in [0.2, 0.25) is 5.96 Å². The van der Waals surface area contributed by atoms with Crippen LogP contribution in [0.5, 0.6) is 5.75 Å². The average Bonchev–Trinajstić information content (AvgIpc) is 3.00. The maximum atomic E-state index is 12.4. The Kier molecular flexibility index (Phi) is 5.54. The normalized spacial score (nSPS) is 13.7. The van der Waals surface area contributed by atoms with Crippen LogP contribution in [0.15, 0.2) is 53.5 Å². The Bertz CT molecular complexity index is 875. The van der Waals surface area contributed by atoms with Crippen LogP contribution < -0.4 is 15.0 Å².